The van der Waals surface area contributed by atoms with Crippen LogP contribution in [0.2, 0.25) is 0 Å². The molecule has 2 aromatic rings. The summed E-state index contributed by atoms with van der Waals surface area (Å²) in [6.45, 7) is 4.61. The molecule has 2 atom stereocenters. The van der Waals surface area contributed by atoms with Crippen LogP contribution in [-0.2, 0) is 28.5 Å². The first-order valence-corrected chi connectivity index (χ1v) is 12.6. The Morgan fingerprint density at radius 1 is 0.694 bits per heavy atom. The van der Waals surface area contributed by atoms with E-state index in [2.05, 4.69) is 0 Å². The molecule has 2 unspecified atom stereocenters. The van der Waals surface area contributed by atoms with Gasteiger partial charge in [0.2, 0.25) is 0 Å². The molecule has 1 fully saturated rings. The van der Waals surface area contributed by atoms with Gasteiger partial charge in [-0.3, -0.25) is 0 Å². The van der Waals surface area contributed by atoms with Crippen LogP contribution >= 0.6 is 0 Å². The van der Waals surface area contributed by atoms with Gasteiger partial charge >= 0.3 is 11.9 Å². The van der Waals surface area contributed by atoms with Crippen molar-refractivity contribution in [2.75, 3.05) is 13.2 Å². The van der Waals surface area contributed by atoms with Gasteiger partial charge in [-0.05, 0) is 74.6 Å². The predicted octanol–water partition coefficient (Wildman–Crippen LogP) is 6.03. The van der Waals surface area contributed by atoms with Crippen molar-refractivity contribution in [3.63, 3.8) is 0 Å². The highest BCUT2D eigenvalue weighted by atomic mass is 16.7. The maximum atomic E-state index is 12.0. The van der Waals surface area contributed by atoms with Crippen molar-refractivity contribution in [3.8, 4) is 0 Å². The van der Waals surface area contributed by atoms with E-state index in [0.29, 0.717) is 25.0 Å². The molecule has 0 amide bonds. The number of carbonyl (C=O) groups excluding carboxylic acids is 2. The predicted molar refractivity (Wildman–Crippen MR) is 139 cm³/mol. The van der Waals surface area contributed by atoms with Gasteiger partial charge < -0.3 is 18.9 Å². The van der Waals surface area contributed by atoms with Gasteiger partial charge in [0.05, 0.1) is 13.2 Å². The Kier molecular flexibility index (Phi) is 11.4. The minimum absolute atomic E-state index is 0.419. The highest BCUT2D eigenvalue weighted by molar-refractivity contribution is 5.87. The third-order valence-corrected chi connectivity index (χ3v) is 6.09. The lowest BCUT2D eigenvalue weighted by atomic mass is 9.83. The lowest BCUT2D eigenvalue weighted by molar-refractivity contribution is -0.175. The molecule has 0 saturated heterocycles. The summed E-state index contributed by atoms with van der Waals surface area (Å²) in [5.41, 5.74) is 1.88. The molecule has 192 valence electrons. The maximum absolute atomic E-state index is 12.0. The van der Waals surface area contributed by atoms with E-state index < -0.39 is 24.5 Å². The number of benzene rings is 2. The van der Waals surface area contributed by atoms with Crippen molar-refractivity contribution in [1.29, 1.82) is 0 Å². The molecular formula is C30H36O6. The first kappa shape index (κ1) is 27.4. The minimum Gasteiger partial charge on any atom is -0.433 e. The van der Waals surface area contributed by atoms with E-state index in [9.17, 15) is 9.59 Å². The summed E-state index contributed by atoms with van der Waals surface area (Å²) in [6, 6.07) is 19.2. The third-order valence-electron chi connectivity index (χ3n) is 6.09. The van der Waals surface area contributed by atoms with Crippen molar-refractivity contribution < 1.29 is 28.5 Å². The van der Waals surface area contributed by atoms with Gasteiger partial charge in [0.25, 0.3) is 0 Å². The van der Waals surface area contributed by atoms with E-state index in [1.54, 1.807) is 26.0 Å². The Morgan fingerprint density at radius 2 is 1.06 bits per heavy atom. The van der Waals surface area contributed by atoms with E-state index in [1.807, 2.05) is 60.7 Å². The molecule has 0 aromatic heterocycles. The van der Waals surface area contributed by atoms with Crippen LogP contribution in [-0.4, -0.2) is 37.7 Å². The molecule has 6 heteroatoms. The molecular weight excluding hydrogens is 456 g/mol. The standard InChI is InChI=1S/C30H36O6/c1-23(35-29(31)19-17-25-9-5-3-6-10-25)33-21-27-13-15-28(16-14-27)22-34-24(2)36-30(32)20-18-26-11-7-4-8-12-26/h3-12,17-20,23-24,27-28H,13-16,21-22H2,1-2H3/b19-17+,20-18+. The first-order chi connectivity index (χ1) is 17.5. The summed E-state index contributed by atoms with van der Waals surface area (Å²) < 4.78 is 22.1. The molecule has 1 saturated carbocycles. The third kappa shape index (κ3) is 10.6. The van der Waals surface area contributed by atoms with Crippen molar-refractivity contribution in [2.24, 2.45) is 11.8 Å². The summed E-state index contributed by atoms with van der Waals surface area (Å²) in [4.78, 5) is 24.0. The second-order valence-electron chi connectivity index (χ2n) is 9.05. The van der Waals surface area contributed by atoms with Crippen LogP contribution < -0.4 is 0 Å². The Balaban J connectivity index is 1.26. The smallest absolute Gasteiger partial charge is 0.333 e. The van der Waals surface area contributed by atoms with Crippen LogP contribution in [0.5, 0.6) is 0 Å². The van der Waals surface area contributed by atoms with Crippen molar-refractivity contribution in [2.45, 2.75) is 52.1 Å². The molecule has 36 heavy (non-hydrogen) atoms. The fourth-order valence-corrected chi connectivity index (χ4v) is 4.04. The number of carbonyl (C=O) groups is 2. The van der Waals surface area contributed by atoms with Crippen LogP contribution in [0.1, 0.15) is 50.7 Å². The fraction of sp³-hybridized carbons (Fsp3) is 0.400. The average Bonchev–Trinajstić information content (AvgIpc) is 2.90. The van der Waals surface area contributed by atoms with Crippen molar-refractivity contribution in [3.05, 3.63) is 83.9 Å². The molecule has 6 nitrogen and oxygen atoms in total. The topological polar surface area (TPSA) is 71.1 Å². The lowest BCUT2D eigenvalue weighted by Gasteiger charge is -2.29. The van der Waals surface area contributed by atoms with Gasteiger partial charge in [-0.25, -0.2) is 9.59 Å². The molecule has 0 radical (unpaired) electrons. The van der Waals surface area contributed by atoms with E-state index in [4.69, 9.17) is 18.9 Å². The van der Waals surface area contributed by atoms with Gasteiger partial charge in [0, 0.05) is 12.2 Å². The van der Waals surface area contributed by atoms with Crippen molar-refractivity contribution in [1.82, 2.24) is 0 Å². The normalized spacial score (nSPS) is 19.7. The molecule has 1 aliphatic carbocycles. The van der Waals surface area contributed by atoms with E-state index >= 15 is 0 Å². The molecule has 0 bridgehead atoms. The molecule has 2 aromatic carbocycles. The van der Waals surface area contributed by atoms with Gasteiger partial charge in [-0.2, -0.15) is 0 Å². The highest BCUT2D eigenvalue weighted by Crippen LogP contribution is 2.29. The second kappa shape index (κ2) is 15.0. The Bertz CT molecular complexity index is 896. The van der Waals surface area contributed by atoms with Crippen LogP contribution in [0.25, 0.3) is 12.2 Å². The van der Waals surface area contributed by atoms with Crippen LogP contribution in [0, 0.1) is 11.8 Å². The Labute approximate surface area is 213 Å². The average molecular weight is 493 g/mol. The number of esters is 2. The fourth-order valence-electron chi connectivity index (χ4n) is 4.04. The Hall–Kier alpha value is -3.22. The quantitative estimate of drug-likeness (QED) is 0.205. The first-order valence-electron chi connectivity index (χ1n) is 12.6. The Morgan fingerprint density at radius 3 is 1.42 bits per heavy atom. The van der Waals surface area contributed by atoms with E-state index in [1.165, 1.54) is 12.2 Å². The van der Waals surface area contributed by atoms with E-state index in [0.717, 1.165) is 36.8 Å². The largest absolute Gasteiger partial charge is 0.433 e. The monoisotopic (exact) mass is 492 g/mol. The molecule has 3 rings (SSSR count). The maximum Gasteiger partial charge on any atom is 0.333 e. The summed E-state index contributed by atoms with van der Waals surface area (Å²) in [6.07, 6.45) is 9.19. The second-order valence-corrected chi connectivity index (χ2v) is 9.05. The SMILES string of the molecule is CC(OCC1CCC(COC(C)OC(=O)/C=C/c2ccccc2)CC1)OC(=O)/C=C/c1ccccc1. The van der Waals surface area contributed by atoms with Gasteiger partial charge in [0.15, 0.2) is 12.6 Å². The summed E-state index contributed by atoms with van der Waals surface area (Å²) in [7, 11) is 0. The van der Waals surface area contributed by atoms with Crippen LogP contribution in [0.3, 0.4) is 0 Å². The molecule has 0 heterocycles. The summed E-state index contributed by atoms with van der Waals surface area (Å²) >= 11 is 0. The summed E-state index contributed by atoms with van der Waals surface area (Å²) in [5, 5.41) is 0. The molecule has 0 spiro atoms. The number of ether oxygens (including phenoxy) is 4. The molecule has 0 N–H and O–H groups in total. The van der Waals surface area contributed by atoms with E-state index in [-0.39, 0.29) is 0 Å². The molecule has 0 aliphatic heterocycles. The van der Waals surface area contributed by atoms with Gasteiger partial charge in [-0.15, -0.1) is 0 Å². The zero-order chi connectivity index (χ0) is 25.6. The zero-order valence-corrected chi connectivity index (χ0v) is 21.1. The summed E-state index contributed by atoms with van der Waals surface area (Å²) in [5.74, 6) is 0.0245. The number of rotatable bonds is 12. The highest BCUT2D eigenvalue weighted by Gasteiger charge is 2.23. The number of hydrogen-bond acceptors (Lipinski definition) is 6. The zero-order valence-electron chi connectivity index (χ0n) is 21.1. The minimum atomic E-state index is -0.592. The van der Waals surface area contributed by atoms with Gasteiger partial charge in [-0.1, -0.05) is 60.7 Å². The lowest BCUT2D eigenvalue weighted by Crippen LogP contribution is -2.26. The van der Waals surface area contributed by atoms with Crippen molar-refractivity contribution >= 4 is 24.1 Å². The van der Waals surface area contributed by atoms with Gasteiger partial charge in [0.1, 0.15) is 0 Å². The van der Waals surface area contributed by atoms with Crippen LogP contribution in [0.4, 0.5) is 0 Å². The molecule has 1 aliphatic rings. The van der Waals surface area contributed by atoms with Crippen LogP contribution in [0.15, 0.2) is 72.8 Å². The number of hydrogen-bond donors (Lipinski definition) is 0.